The molecule has 2 atom stereocenters. The number of carbonyl (C=O) groups excluding carboxylic acids is 1. The van der Waals surface area contributed by atoms with Crippen molar-refractivity contribution in [2.45, 2.75) is 44.3 Å². The van der Waals surface area contributed by atoms with Gasteiger partial charge in [0.25, 0.3) is 0 Å². The highest BCUT2D eigenvalue weighted by atomic mass is 16.6. The van der Waals surface area contributed by atoms with Crippen molar-refractivity contribution in [1.29, 1.82) is 0 Å². The number of aliphatic hydroxyl groups excluding tert-OH is 1. The van der Waals surface area contributed by atoms with Crippen molar-refractivity contribution in [3.8, 4) is 23.0 Å². The molecule has 1 fully saturated rings. The van der Waals surface area contributed by atoms with Crippen LogP contribution in [-0.4, -0.2) is 56.1 Å². The van der Waals surface area contributed by atoms with E-state index in [2.05, 4.69) is 5.32 Å². The van der Waals surface area contributed by atoms with Gasteiger partial charge in [0.1, 0.15) is 43.5 Å². The summed E-state index contributed by atoms with van der Waals surface area (Å²) in [6, 6.07) is 12.2. The maximum Gasteiger partial charge on any atom is 0.248 e. The molecule has 4 N–H and O–H groups in total. The van der Waals surface area contributed by atoms with Gasteiger partial charge < -0.3 is 35.1 Å². The van der Waals surface area contributed by atoms with E-state index >= 15 is 0 Å². The van der Waals surface area contributed by atoms with Gasteiger partial charge in [0, 0.05) is 24.7 Å². The molecule has 0 radical (unpaired) electrons. The van der Waals surface area contributed by atoms with Crippen LogP contribution < -0.4 is 30.0 Å². The van der Waals surface area contributed by atoms with Gasteiger partial charge in [-0.25, -0.2) is 0 Å². The predicted molar refractivity (Wildman–Crippen MR) is 128 cm³/mol. The monoisotopic (exact) mass is 470 g/mol. The van der Waals surface area contributed by atoms with Gasteiger partial charge in [-0.3, -0.25) is 4.79 Å². The van der Waals surface area contributed by atoms with Crippen LogP contribution in [0.15, 0.2) is 42.5 Å². The van der Waals surface area contributed by atoms with Crippen molar-refractivity contribution in [1.82, 2.24) is 5.32 Å². The average Bonchev–Trinajstić information content (AvgIpc) is 3.67. The first-order chi connectivity index (χ1) is 16.6. The Morgan fingerprint density at radius 2 is 1.88 bits per heavy atom. The highest BCUT2D eigenvalue weighted by Gasteiger charge is 2.24. The number of nitrogens with one attached hydrogen (secondary N) is 1. The maximum atomic E-state index is 11.1. The lowest BCUT2D eigenvalue weighted by molar-refractivity contribution is 0.0810. The van der Waals surface area contributed by atoms with E-state index in [1.165, 1.54) is 25.7 Å². The molecule has 8 nitrogen and oxygen atoms in total. The molecular weight excluding hydrogens is 436 g/mol. The Labute approximate surface area is 200 Å². The largest absolute Gasteiger partial charge is 0.492 e. The third-order valence-corrected chi connectivity index (χ3v) is 5.98. The minimum Gasteiger partial charge on any atom is -0.492 e. The van der Waals surface area contributed by atoms with Gasteiger partial charge in [0.05, 0.1) is 0 Å². The van der Waals surface area contributed by atoms with Crippen molar-refractivity contribution >= 4 is 5.91 Å². The molecule has 0 saturated heterocycles. The molecule has 0 aromatic heterocycles. The van der Waals surface area contributed by atoms with Gasteiger partial charge in [-0.15, -0.1) is 0 Å². The number of hydrogen-bond donors (Lipinski definition) is 3. The van der Waals surface area contributed by atoms with Gasteiger partial charge in [0.2, 0.25) is 5.91 Å². The molecule has 1 saturated carbocycles. The fourth-order valence-corrected chi connectivity index (χ4v) is 3.84. The topological polar surface area (TPSA) is 112 Å². The second kappa shape index (κ2) is 11.9. The fraction of sp³-hybridized carbons (Fsp3) is 0.500. The molecular formula is C26H34N2O6. The van der Waals surface area contributed by atoms with Crippen LogP contribution in [0.1, 0.15) is 42.5 Å². The fourth-order valence-electron chi connectivity index (χ4n) is 3.84. The molecule has 2 aromatic rings. The second-order valence-electron chi connectivity index (χ2n) is 8.94. The van der Waals surface area contributed by atoms with Crippen LogP contribution in [0.3, 0.4) is 0 Å². The van der Waals surface area contributed by atoms with Crippen LogP contribution in [0, 0.1) is 5.92 Å². The van der Waals surface area contributed by atoms with Gasteiger partial charge in [0.15, 0.2) is 11.5 Å². The highest BCUT2D eigenvalue weighted by molar-refractivity contribution is 5.92. The molecule has 0 bridgehead atoms. The molecule has 1 amide bonds. The van der Waals surface area contributed by atoms with Crippen LogP contribution in [0.5, 0.6) is 23.0 Å². The molecule has 4 rings (SSSR count). The Morgan fingerprint density at radius 3 is 2.65 bits per heavy atom. The summed E-state index contributed by atoms with van der Waals surface area (Å²) in [6.07, 6.45) is 5.75. The molecule has 1 heterocycles. The summed E-state index contributed by atoms with van der Waals surface area (Å²) in [7, 11) is 0. The number of amides is 1. The minimum atomic E-state index is -0.668. The number of nitrogens with two attached hydrogens (primary N) is 1. The second-order valence-corrected chi connectivity index (χ2v) is 8.94. The molecule has 34 heavy (non-hydrogen) atoms. The first-order valence-corrected chi connectivity index (χ1v) is 12.0. The number of hydrogen-bond acceptors (Lipinski definition) is 7. The molecule has 1 aliphatic heterocycles. The van der Waals surface area contributed by atoms with E-state index in [0.29, 0.717) is 49.1 Å². The zero-order valence-electron chi connectivity index (χ0n) is 19.4. The summed E-state index contributed by atoms with van der Waals surface area (Å²) in [5, 5.41) is 13.3. The van der Waals surface area contributed by atoms with E-state index in [1.54, 1.807) is 24.3 Å². The number of rotatable bonds is 14. The molecule has 8 heteroatoms. The van der Waals surface area contributed by atoms with Crippen molar-refractivity contribution in [2.24, 2.45) is 11.7 Å². The van der Waals surface area contributed by atoms with Crippen LogP contribution >= 0.6 is 0 Å². The molecule has 2 aliphatic rings. The Bertz CT molecular complexity index is 931. The van der Waals surface area contributed by atoms with Gasteiger partial charge in [-0.2, -0.15) is 0 Å². The zero-order valence-corrected chi connectivity index (χ0v) is 19.4. The number of ether oxygens (including phenoxy) is 4. The molecule has 2 aromatic carbocycles. The Balaban J connectivity index is 1.09. The third-order valence-electron chi connectivity index (χ3n) is 5.98. The van der Waals surface area contributed by atoms with Crippen molar-refractivity contribution < 1.29 is 28.8 Å². The minimum absolute atomic E-state index is 0.115. The maximum absolute atomic E-state index is 11.1. The van der Waals surface area contributed by atoms with Crippen LogP contribution in [0.2, 0.25) is 0 Å². The molecule has 1 aliphatic carbocycles. The first-order valence-electron chi connectivity index (χ1n) is 12.0. The average molecular weight is 471 g/mol. The van der Waals surface area contributed by atoms with E-state index in [4.69, 9.17) is 24.7 Å². The van der Waals surface area contributed by atoms with E-state index in [9.17, 15) is 9.90 Å². The SMILES string of the molecule is NC(=O)c1ccc(OCCNCC(O)COc2ccc3c(c2)OCC(CCCC2CC2)O3)cc1. The number of carbonyl (C=O) groups is 1. The lowest BCUT2D eigenvalue weighted by Crippen LogP contribution is -2.33. The summed E-state index contributed by atoms with van der Waals surface area (Å²) in [5.41, 5.74) is 5.66. The van der Waals surface area contributed by atoms with E-state index in [-0.39, 0.29) is 12.7 Å². The predicted octanol–water partition coefficient (Wildman–Crippen LogP) is 2.91. The van der Waals surface area contributed by atoms with E-state index in [0.717, 1.165) is 18.1 Å². The van der Waals surface area contributed by atoms with Crippen LogP contribution in [-0.2, 0) is 0 Å². The van der Waals surface area contributed by atoms with Gasteiger partial charge in [-0.05, 0) is 55.2 Å². The smallest absolute Gasteiger partial charge is 0.248 e. The van der Waals surface area contributed by atoms with Crippen LogP contribution in [0.4, 0.5) is 0 Å². The van der Waals surface area contributed by atoms with Crippen molar-refractivity contribution in [2.75, 3.05) is 32.9 Å². The molecule has 184 valence electrons. The van der Waals surface area contributed by atoms with Gasteiger partial charge in [-0.1, -0.05) is 19.3 Å². The van der Waals surface area contributed by atoms with Crippen molar-refractivity contribution in [3.63, 3.8) is 0 Å². The first kappa shape index (κ1) is 24.2. The quantitative estimate of drug-likeness (QED) is 0.364. The van der Waals surface area contributed by atoms with E-state index in [1.807, 2.05) is 18.2 Å². The number of primary amides is 1. The third kappa shape index (κ3) is 7.53. The summed E-state index contributed by atoms with van der Waals surface area (Å²) < 4.78 is 23.3. The Morgan fingerprint density at radius 1 is 1.09 bits per heavy atom. The Kier molecular flexibility index (Phi) is 8.49. The lowest BCUT2D eigenvalue weighted by atomic mass is 10.1. The Hall–Kier alpha value is -2.97. The normalized spacial score (nSPS) is 17.7. The van der Waals surface area contributed by atoms with Crippen molar-refractivity contribution in [3.05, 3.63) is 48.0 Å². The molecule has 2 unspecified atom stereocenters. The molecule has 0 spiro atoms. The van der Waals surface area contributed by atoms with Gasteiger partial charge >= 0.3 is 0 Å². The summed E-state index contributed by atoms with van der Waals surface area (Å²) in [5.74, 6) is 3.20. The van der Waals surface area contributed by atoms with E-state index < -0.39 is 12.0 Å². The summed E-state index contributed by atoms with van der Waals surface area (Å²) in [6.45, 7) is 2.07. The number of aliphatic hydroxyl groups is 1. The lowest BCUT2D eigenvalue weighted by Gasteiger charge is -2.27. The number of fused-ring (bicyclic) bond motifs is 1. The summed E-state index contributed by atoms with van der Waals surface area (Å²) >= 11 is 0. The summed E-state index contributed by atoms with van der Waals surface area (Å²) in [4.78, 5) is 11.1. The standard InChI is InChI=1S/C26H34N2O6/c27-26(30)19-6-8-21(9-7-19)31-13-12-28-15-20(29)16-32-22-10-11-24-25(14-22)33-17-23(34-24)3-1-2-18-4-5-18/h6-11,14,18,20,23,28-29H,1-5,12-13,15-17H2,(H2,27,30). The zero-order chi connectivity index (χ0) is 23.8. The van der Waals surface area contributed by atoms with Crippen LogP contribution in [0.25, 0.3) is 0 Å². The number of benzene rings is 2. The highest BCUT2D eigenvalue weighted by Crippen LogP contribution is 2.37.